The molecule has 0 unspecified atom stereocenters. The standard InChI is InChI=1S/C10H11NO/c1-2-3-4-10-6-5-9(8-12)7-11-10/h3-8H,2H2,1H3. The predicted octanol–water partition coefficient (Wildman–Crippen LogP) is 2.32. The Morgan fingerprint density at radius 3 is 2.83 bits per heavy atom. The molecule has 0 saturated heterocycles. The summed E-state index contributed by atoms with van der Waals surface area (Å²) in [6.07, 6.45) is 7.33. The van der Waals surface area contributed by atoms with Crippen molar-refractivity contribution < 1.29 is 4.79 Å². The van der Waals surface area contributed by atoms with Crippen LogP contribution in [-0.2, 0) is 0 Å². The number of nitrogens with zero attached hydrogens (tertiary/aromatic N) is 1. The van der Waals surface area contributed by atoms with E-state index in [9.17, 15) is 4.79 Å². The molecule has 62 valence electrons. The molecular weight excluding hydrogens is 150 g/mol. The predicted molar refractivity (Wildman–Crippen MR) is 48.9 cm³/mol. The monoisotopic (exact) mass is 161 g/mol. The van der Waals surface area contributed by atoms with E-state index in [4.69, 9.17) is 0 Å². The van der Waals surface area contributed by atoms with E-state index in [1.807, 2.05) is 18.2 Å². The molecule has 1 heterocycles. The largest absolute Gasteiger partial charge is 0.298 e. The number of aromatic nitrogens is 1. The number of allylic oxidation sites excluding steroid dienone is 1. The third-order valence-corrected chi connectivity index (χ3v) is 1.47. The van der Waals surface area contributed by atoms with Crippen LogP contribution in [0.3, 0.4) is 0 Å². The number of hydrogen-bond acceptors (Lipinski definition) is 2. The molecule has 0 atom stereocenters. The van der Waals surface area contributed by atoms with Crippen LogP contribution in [0.4, 0.5) is 0 Å². The van der Waals surface area contributed by atoms with E-state index < -0.39 is 0 Å². The Balaban J connectivity index is 2.77. The Morgan fingerprint density at radius 1 is 1.50 bits per heavy atom. The Hall–Kier alpha value is -1.44. The smallest absolute Gasteiger partial charge is 0.151 e. The summed E-state index contributed by atoms with van der Waals surface area (Å²) in [5, 5.41) is 0. The summed E-state index contributed by atoms with van der Waals surface area (Å²) in [4.78, 5) is 14.3. The van der Waals surface area contributed by atoms with Gasteiger partial charge in [0.2, 0.25) is 0 Å². The first-order valence-electron chi connectivity index (χ1n) is 3.94. The molecule has 0 aliphatic carbocycles. The fourth-order valence-electron chi connectivity index (χ4n) is 0.824. The minimum atomic E-state index is 0.614. The Bertz CT molecular complexity index is 274. The van der Waals surface area contributed by atoms with E-state index in [2.05, 4.69) is 11.9 Å². The van der Waals surface area contributed by atoms with Gasteiger partial charge in [-0.15, -0.1) is 0 Å². The van der Waals surface area contributed by atoms with Crippen molar-refractivity contribution in [3.05, 3.63) is 35.7 Å². The van der Waals surface area contributed by atoms with Crippen LogP contribution in [0.25, 0.3) is 6.08 Å². The maximum atomic E-state index is 10.3. The lowest BCUT2D eigenvalue weighted by atomic mass is 10.2. The van der Waals surface area contributed by atoms with Gasteiger partial charge >= 0.3 is 0 Å². The van der Waals surface area contributed by atoms with Gasteiger partial charge in [-0.3, -0.25) is 9.78 Å². The molecule has 0 amide bonds. The Morgan fingerprint density at radius 2 is 2.33 bits per heavy atom. The van der Waals surface area contributed by atoms with Crippen LogP contribution in [0.1, 0.15) is 29.4 Å². The Labute approximate surface area is 71.9 Å². The van der Waals surface area contributed by atoms with Crippen molar-refractivity contribution in [2.45, 2.75) is 13.3 Å². The summed E-state index contributed by atoms with van der Waals surface area (Å²) in [6.45, 7) is 2.07. The first kappa shape index (κ1) is 8.65. The van der Waals surface area contributed by atoms with Crippen LogP contribution in [0, 0.1) is 0 Å². The van der Waals surface area contributed by atoms with Crippen LogP contribution < -0.4 is 0 Å². The van der Waals surface area contributed by atoms with Gasteiger partial charge in [-0.25, -0.2) is 0 Å². The maximum absolute atomic E-state index is 10.3. The van der Waals surface area contributed by atoms with E-state index in [0.29, 0.717) is 5.56 Å². The van der Waals surface area contributed by atoms with Gasteiger partial charge in [-0.2, -0.15) is 0 Å². The van der Waals surface area contributed by atoms with Gasteiger partial charge in [0, 0.05) is 11.8 Å². The first-order valence-corrected chi connectivity index (χ1v) is 3.94. The van der Waals surface area contributed by atoms with E-state index in [1.165, 1.54) is 0 Å². The summed E-state index contributed by atoms with van der Waals surface area (Å²) < 4.78 is 0. The zero-order valence-corrected chi connectivity index (χ0v) is 7.03. The summed E-state index contributed by atoms with van der Waals surface area (Å²) >= 11 is 0. The van der Waals surface area contributed by atoms with Crippen molar-refractivity contribution in [2.75, 3.05) is 0 Å². The van der Waals surface area contributed by atoms with Crippen LogP contribution in [0.2, 0.25) is 0 Å². The van der Waals surface area contributed by atoms with Crippen molar-refractivity contribution in [2.24, 2.45) is 0 Å². The highest BCUT2D eigenvalue weighted by molar-refractivity contribution is 5.74. The highest BCUT2D eigenvalue weighted by Gasteiger charge is 1.89. The fraction of sp³-hybridized carbons (Fsp3) is 0.200. The summed E-state index contributed by atoms with van der Waals surface area (Å²) in [5.41, 5.74) is 1.51. The molecule has 2 heteroatoms. The molecule has 2 nitrogen and oxygen atoms in total. The molecule has 0 radical (unpaired) electrons. The van der Waals surface area contributed by atoms with Crippen molar-refractivity contribution >= 4 is 12.4 Å². The highest BCUT2D eigenvalue weighted by atomic mass is 16.1. The van der Waals surface area contributed by atoms with Gasteiger partial charge in [0.15, 0.2) is 6.29 Å². The second-order valence-corrected chi connectivity index (χ2v) is 2.44. The molecule has 0 spiro atoms. The third kappa shape index (κ3) is 2.31. The van der Waals surface area contributed by atoms with Gasteiger partial charge < -0.3 is 0 Å². The second kappa shape index (κ2) is 4.44. The van der Waals surface area contributed by atoms with Gasteiger partial charge in [0.1, 0.15) is 0 Å². The van der Waals surface area contributed by atoms with Gasteiger partial charge in [-0.05, 0) is 24.6 Å². The number of aldehydes is 1. The lowest BCUT2D eigenvalue weighted by Crippen LogP contribution is -1.83. The molecule has 0 aromatic carbocycles. The SMILES string of the molecule is CCC=Cc1ccc(C=O)cn1. The quantitative estimate of drug-likeness (QED) is 0.637. The van der Waals surface area contributed by atoms with Crippen LogP contribution >= 0.6 is 0 Å². The summed E-state index contributed by atoms with van der Waals surface area (Å²) in [5.74, 6) is 0. The molecule has 0 aliphatic rings. The zero-order chi connectivity index (χ0) is 8.81. The molecule has 1 aromatic rings. The summed E-state index contributed by atoms with van der Waals surface area (Å²) in [7, 11) is 0. The van der Waals surface area contributed by atoms with Gasteiger partial charge in [0.25, 0.3) is 0 Å². The molecule has 0 bridgehead atoms. The summed E-state index contributed by atoms with van der Waals surface area (Å²) in [6, 6.07) is 3.59. The molecule has 0 fully saturated rings. The number of pyridine rings is 1. The average Bonchev–Trinajstić information content (AvgIpc) is 2.15. The Kier molecular flexibility index (Phi) is 3.20. The van der Waals surface area contributed by atoms with E-state index in [-0.39, 0.29) is 0 Å². The average molecular weight is 161 g/mol. The third-order valence-electron chi connectivity index (χ3n) is 1.47. The second-order valence-electron chi connectivity index (χ2n) is 2.44. The van der Waals surface area contributed by atoms with Crippen LogP contribution in [0.15, 0.2) is 24.4 Å². The fourth-order valence-corrected chi connectivity index (χ4v) is 0.824. The van der Waals surface area contributed by atoms with Crippen molar-refractivity contribution in [3.63, 3.8) is 0 Å². The molecule has 0 saturated carbocycles. The van der Waals surface area contributed by atoms with Crippen LogP contribution in [-0.4, -0.2) is 11.3 Å². The van der Waals surface area contributed by atoms with E-state index in [0.717, 1.165) is 18.4 Å². The molecule has 12 heavy (non-hydrogen) atoms. The highest BCUT2D eigenvalue weighted by Crippen LogP contribution is 2.00. The molecule has 0 aliphatic heterocycles. The zero-order valence-electron chi connectivity index (χ0n) is 7.03. The minimum absolute atomic E-state index is 0.614. The molecule has 1 rings (SSSR count). The lowest BCUT2D eigenvalue weighted by molar-refractivity contribution is 0.112. The van der Waals surface area contributed by atoms with E-state index >= 15 is 0 Å². The molecule has 0 N–H and O–H groups in total. The van der Waals surface area contributed by atoms with Crippen molar-refractivity contribution in [1.82, 2.24) is 4.98 Å². The number of carbonyl (C=O) groups is 1. The number of rotatable bonds is 3. The topological polar surface area (TPSA) is 30.0 Å². The maximum Gasteiger partial charge on any atom is 0.151 e. The van der Waals surface area contributed by atoms with E-state index in [1.54, 1.807) is 12.3 Å². The van der Waals surface area contributed by atoms with Crippen molar-refractivity contribution in [1.29, 1.82) is 0 Å². The first-order chi connectivity index (χ1) is 5.86. The van der Waals surface area contributed by atoms with Gasteiger partial charge in [-0.1, -0.05) is 13.0 Å². The molecular formula is C10H11NO. The van der Waals surface area contributed by atoms with Gasteiger partial charge in [0.05, 0.1) is 5.69 Å². The number of carbonyl (C=O) groups excluding carboxylic acids is 1. The van der Waals surface area contributed by atoms with Crippen molar-refractivity contribution in [3.8, 4) is 0 Å². The normalized spacial score (nSPS) is 10.4. The minimum Gasteiger partial charge on any atom is -0.298 e. The van der Waals surface area contributed by atoms with Crippen LogP contribution in [0.5, 0.6) is 0 Å². The molecule has 1 aromatic heterocycles. The number of hydrogen-bond donors (Lipinski definition) is 0. The lowest BCUT2D eigenvalue weighted by Gasteiger charge is -1.91.